The third-order valence-corrected chi connectivity index (χ3v) is 6.47. The molecule has 2 saturated heterocycles. The van der Waals surface area contributed by atoms with E-state index in [1.165, 1.54) is 17.8 Å². The van der Waals surface area contributed by atoms with Crippen LogP contribution in [0.4, 0.5) is 0 Å². The van der Waals surface area contributed by atoms with Gasteiger partial charge in [0.2, 0.25) is 0 Å². The number of pyridine rings is 1. The number of rotatable bonds is 3. The normalized spacial score (nSPS) is 25.4. The van der Waals surface area contributed by atoms with Crippen LogP contribution in [0.1, 0.15) is 24.3 Å². The van der Waals surface area contributed by atoms with Crippen LogP contribution in [0.3, 0.4) is 0 Å². The minimum atomic E-state index is -3.20. The molecule has 136 valence electrons. The van der Waals surface area contributed by atoms with Gasteiger partial charge in [0.15, 0.2) is 15.5 Å². The van der Waals surface area contributed by atoms with Gasteiger partial charge in [-0.1, -0.05) is 11.6 Å². The highest BCUT2D eigenvalue weighted by Gasteiger charge is 2.48. The maximum Gasteiger partial charge on any atom is 0.276 e. The molecule has 0 aromatic carbocycles. The van der Waals surface area contributed by atoms with Crippen LogP contribution in [0.25, 0.3) is 0 Å². The van der Waals surface area contributed by atoms with E-state index in [2.05, 4.69) is 16.0 Å². The van der Waals surface area contributed by atoms with E-state index in [1.54, 1.807) is 11.0 Å². The Bertz CT molecular complexity index is 802. The van der Waals surface area contributed by atoms with E-state index in [1.807, 2.05) is 13.8 Å². The number of piperazine rings is 1. The molecule has 2 atom stereocenters. The summed E-state index contributed by atoms with van der Waals surface area (Å²) >= 11 is 0. The summed E-state index contributed by atoms with van der Waals surface area (Å²) in [7, 11) is -3.20. The van der Waals surface area contributed by atoms with E-state index >= 15 is 0 Å². The maximum absolute atomic E-state index is 12.8. The van der Waals surface area contributed by atoms with E-state index in [-0.39, 0.29) is 29.0 Å². The summed E-state index contributed by atoms with van der Waals surface area (Å²) in [5.74, 6) is -0.571. The van der Waals surface area contributed by atoms with Gasteiger partial charge < -0.3 is 10.0 Å². The lowest BCUT2D eigenvalue weighted by Crippen LogP contribution is -2.60. The molecule has 25 heavy (non-hydrogen) atoms. The van der Waals surface area contributed by atoms with Crippen molar-refractivity contribution in [1.82, 2.24) is 14.8 Å². The average molecular weight is 365 g/mol. The number of hydrogen-bond acceptors (Lipinski definition) is 6. The molecule has 2 aliphatic rings. The number of sulfone groups is 1. The highest BCUT2D eigenvalue weighted by atomic mass is 32.2. The third-order valence-electron chi connectivity index (χ3n) is 4.77. The Balaban J connectivity index is 1.87. The first-order valence-corrected chi connectivity index (χ1v) is 10.1. The lowest BCUT2D eigenvalue weighted by Gasteiger charge is -2.43. The van der Waals surface area contributed by atoms with Gasteiger partial charge in [0.1, 0.15) is 5.75 Å². The van der Waals surface area contributed by atoms with Crippen molar-refractivity contribution in [3.05, 3.63) is 35.7 Å². The molecule has 1 aromatic rings. The molecular formula is C17H23N3O4S. The zero-order valence-corrected chi connectivity index (χ0v) is 15.2. The van der Waals surface area contributed by atoms with Crippen molar-refractivity contribution >= 4 is 15.7 Å². The molecule has 0 aliphatic carbocycles. The summed E-state index contributed by atoms with van der Waals surface area (Å²) in [6.07, 6.45) is 3.52. The number of aromatic nitrogens is 1. The number of allylic oxidation sites excluding steroid dienone is 1. The monoisotopic (exact) mass is 365 g/mol. The molecule has 0 unspecified atom stereocenters. The Kier molecular flexibility index (Phi) is 4.83. The van der Waals surface area contributed by atoms with Crippen LogP contribution in [-0.4, -0.2) is 77.4 Å². The van der Waals surface area contributed by atoms with Gasteiger partial charge in [-0.25, -0.2) is 13.4 Å². The van der Waals surface area contributed by atoms with Crippen LogP contribution >= 0.6 is 0 Å². The number of amides is 1. The van der Waals surface area contributed by atoms with E-state index in [9.17, 15) is 18.3 Å². The average Bonchev–Trinajstić information content (AvgIpc) is 2.87. The fraction of sp³-hybridized carbons (Fsp3) is 0.529. The number of aromatic hydroxyl groups is 1. The Morgan fingerprint density at radius 1 is 1.32 bits per heavy atom. The zero-order valence-electron chi connectivity index (χ0n) is 14.4. The minimum Gasteiger partial charge on any atom is -0.505 e. The van der Waals surface area contributed by atoms with Crippen LogP contribution in [0.2, 0.25) is 0 Å². The summed E-state index contributed by atoms with van der Waals surface area (Å²) in [4.78, 5) is 20.5. The van der Waals surface area contributed by atoms with Gasteiger partial charge in [-0.15, -0.1) is 0 Å². The first-order valence-electron chi connectivity index (χ1n) is 8.31. The standard InChI is InChI=1S/C17H23N3O4S/c1-12(2)5-7-19-8-9-20(14-11-25(23,24)10-13(14)19)17(22)16-15(21)4-3-6-18-16/h3-6,13-14,21H,7-11H2,1-2H3/t13-,14+/m0/s1. The van der Waals surface area contributed by atoms with Crippen molar-refractivity contribution in [2.75, 3.05) is 31.1 Å². The summed E-state index contributed by atoms with van der Waals surface area (Å²) in [6, 6.07) is 2.34. The van der Waals surface area contributed by atoms with Crippen LogP contribution in [-0.2, 0) is 9.84 Å². The molecule has 1 N–H and O–H groups in total. The lowest BCUT2D eigenvalue weighted by atomic mass is 10.0. The fourth-order valence-electron chi connectivity index (χ4n) is 3.50. The number of hydrogen-bond donors (Lipinski definition) is 1. The highest BCUT2D eigenvalue weighted by Crippen LogP contribution is 2.29. The first-order chi connectivity index (χ1) is 11.8. The predicted molar refractivity (Wildman–Crippen MR) is 94.2 cm³/mol. The Morgan fingerprint density at radius 2 is 2.04 bits per heavy atom. The second kappa shape index (κ2) is 6.76. The van der Waals surface area contributed by atoms with Gasteiger partial charge in [0.05, 0.1) is 17.5 Å². The molecule has 3 heterocycles. The summed E-state index contributed by atoms with van der Waals surface area (Å²) in [5, 5.41) is 9.91. The van der Waals surface area contributed by atoms with Crippen LogP contribution in [0.5, 0.6) is 5.75 Å². The molecule has 0 spiro atoms. The van der Waals surface area contributed by atoms with Gasteiger partial charge in [0, 0.05) is 31.9 Å². The van der Waals surface area contributed by atoms with Gasteiger partial charge in [-0.2, -0.15) is 0 Å². The van der Waals surface area contributed by atoms with Crippen LogP contribution in [0, 0.1) is 0 Å². The Morgan fingerprint density at radius 3 is 2.72 bits per heavy atom. The highest BCUT2D eigenvalue weighted by molar-refractivity contribution is 7.91. The molecule has 2 aliphatic heterocycles. The van der Waals surface area contributed by atoms with Gasteiger partial charge in [-0.05, 0) is 26.0 Å². The third kappa shape index (κ3) is 3.69. The van der Waals surface area contributed by atoms with Gasteiger partial charge in [-0.3, -0.25) is 9.69 Å². The number of carbonyl (C=O) groups excluding carboxylic acids is 1. The van der Waals surface area contributed by atoms with E-state index in [4.69, 9.17) is 0 Å². The molecule has 3 rings (SSSR count). The van der Waals surface area contributed by atoms with E-state index < -0.39 is 21.8 Å². The number of carbonyl (C=O) groups is 1. The van der Waals surface area contributed by atoms with Crippen molar-refractivity contribution in [2.24, 2.45) is 0 Å². The largest absolute Gasteiger partial charge is 0.505 e. The van der Waals surface area contributed by atoms with Gasteiger partial charge in [0.25, 0.3) is 5.91 Å². The molecule has 1 amide bonds. The molecule has 1 aromatic heterocycles. The molecule has 0 saturated carbocycles. The van der Waals surface area contributed by atoms with Crippen LogP contribution < -0.4 is 0 Å². The minimum absolute atomic E-state index is 0.0247. The topological polar surface area (TPSA) is 90.8 Å². The first kappa shape index (κ1) is 17.9. The molecule has 2 fully saturated rings. The Labute approximate surface area is 147 Å². The quantitative estimate of drug-likeness (QED) is 0.792. The number of fused-ring (bicyclic) bond motifs is 1. The summed E-state index contributed by atoms with van der Waals surface area (Å²) in [5.41, 5.74) is 1.15. The van der Waals surface area contributed by atoms with Crippen molar-refractivity contribution in [3.63, 3.8) is 0 Å². The van der Waals surface area contributed by atoms with Crippen molar-refractivity contribution in [1.29, 1.82) is 0 Å². The Hall–Kier alpha value is -1.93. The molecule has 8 heteroatoms. The smallest absolute Gasteiger partial charge is 0.276 e. The van der Waals surface area contributed by atoms with E-state index in [0.717, 1.165) is 0 Å². The van der Waals surface area contributed by atoms with Gasteiger partial charge >= 0.3 is 0 Å². The van der Waals surface area contributed by atoms with Crippen molar-refractivity contribution in [2.45, 2.75) is 25.9 Å². The maximum atomic E-state index is 12.8. The number of nitrogens with zero attached hydrogens (tertiary/aromatic N) is 3. The molecule has 0 bridgehead atoms. The summed E-state index contributed by atoms with van der Waals surface area (Å²) in [6.45, 7) is 5.71. The molecular weight excluding hydrogens is 342 g/mol. The fourth-order valence-corrected chi connectivity index (χ4v) is 5.51. The predicted octanol–water partition coefficient (Wildman–Crippen LogP) is 0.677. The van der Waals surface area contributed by atoms with Crippen molar-refractivity contribution in [3.8, 4) is 5.75 Å². The van der Waals surface area contributed by atoms with E-state index in [0.29, 0.717) is 19.6 Å². The molecule has 7 nitrogen and oxygen atoms in total. The lowest BCUT2D eigenvalue weighted by molar-refractivity contribution is 0.0360. The molecule has 0 radical (unpaired) electrons. The zero-order chi connectivity index (χ0) is 18.2. The second-order valence-corrected chi connectivity index (χ2v) is 9.01. The van der Waals surface area contributed by atoms with Crippen LogP contribution in [0.15, 0.2) is 30.0 Å². The summed E-state index contributed by atoms with van der Waals surface area (Å²) < 4.78 is 24.4. The second-order valence-electron chi connectivity index (χ2n) is 6.86. The van der Waals surface area contributed by atoms with Crippen molar-refractivity contribution < 1.29 is 18.3 Å². The SMILES string of the molecule is CC(C)=CCN1CCN(C(=O)c2ncccc2O)[C@@H]2CS(=O)(=O)C[C@@H]21.